The SMILES string of the molecule is CC(C)C(C)CN1CCc2ccc(F)cc2C1.CCC(C)(CC)CN1CCCC2(CCCCC2)CC1.Cc1ccc2c(c1)CN(CC(C)(C)C)CC2. The first-order chi connectivity index (χ1) is 24.6. The molecule has 0 aromatic heterocycles. The molecule has 1 spiro atoms. The van der Waals surface area contributed by atoms with E-state index in [2.05, 4.69) is 102 Å². The van der Waals surface area contributed by atoms with E-state index in [4.69, 9.17) is 0 Å². The lowest BCUT2D eigenvalue weighted by Crippen LogP contribution is -2.36. The molecule has 1 atom stereocenters. The summed E-state index contributed by atoms with van der Waals surface area (Å²) in [7, 11) is 0. The number of rotatable bonds is 8. The van der Waals surface area contributed by atoms with Gasteiger partial charge in [0.15, 0.2) is 0 Å². The second-order valence-electron chi connectivity index (χ2n) is 19.6. The third-order valence-electron chi connectivity index (χ3n) is 13.5. The van der Waals surface area contributed by atoms with Gasteiger partial charge in [0.25, 0.3) is 0 Å². The number of fused-ring (bicyclic) bond motifs is 2. The molecule has 3 aliphatic heterocycles. The van der Waals surface area contributed by atoms with Gasteiger partial charge in [-0.15, -0.1) is 0 Å². The molecule has 52 heavy (non-hydrogen) atoms. The van der Waals surface area contributed by atoms with E-state index in [1.807, 2.05) is 6.07 Å². The molecular weight excluding hydrogens is 638 g/mol. The first-order valence-electron chi connectivity index (χ1n) is 21.6. The van der Waals surface area contributed by atoms with Crippen LogP contribution in [0.15, 0.2) is 36.4 Å². The van der Waals surface area contributed by atoms with Crippen molar-refractivity contribution in [3.8, 4) is 0 Å². The highest BCUT2D eigenvalue weighted by Crippen LogP contribution is 2.45. The molecule has 2 aromatic carbocycles. The van der Waals surface area contributed by atoms with Crippen LogP contribution in [0, 0.1) is 40.8 Å². The van der Waals surface area contributed by atoms with E-state index in [0.717, 1.165) is 38.0 Å². The maximum absolute atomic E-state index is 13.2. The highest BCUT2D eigenvalue weighted by molar-refractivity contribution is 5.33. The highest BCUT2D eigenvalue weighted by atomic mass is 19.1. The molecule has 1 saturated heterocycles. The summed E-state index contributed by atoms with van der Waals surface area (Å²) in [5.74, 6) is 1.30. The minimum Gasteiger partial charge on any atom is -0.303 e. The second kappa shape index (κ2) is 19.7. The summed E-state index contributed by atoms with van der Waals surface area (Å²) < 4.78 is 13.2. The smallest absolute Gasteiger partial charge is 0.123 e. The van der Waals surface area contributed by atoms with E-state index in [-0.39, 0.29) is 5.82 Å². The van der Waals surface area contributed by atoms with Crippen molar-refractivity contribution in [2.45, 2.75) is 159 Å². The van der Waals surface area contributed by atoms with Gasteiger partial charge < -0.3 is 4.90 Å². The largest absolute Gasteiger partial charge is 0.303 e. The quantitative estimate of drug-likeness (QED) is 0.269. The lowest BCUT2D eigenvalue weighted by Gasteiger charge is -2.37. The topological polar surface area (TPSA) is 9.72 Å². The molecule has 1 saturated carbocycles. The lowest BCUT2D eigenvalue weighted by atomic mass is 9.69. The van der Waals surface area contributed by atoms with Crippen LogP contribution in [-0.2, 0) is 25.9 Å². The Morgan fingerprint density at radius 1 is 0.654 bits per heavy atom. The molecule has 2 fully saturated rings. The van der Waals surface area contributed by atoms with Crippen molar-refractivity contribution in [3.05, 3.63) is 70.0 Å². The first kappa shape index (κ1) is 43.0. The molecule has 1 aliphatic carbocycles. The van der Waals surface area contributed by atoms with Crippen molar-refractivity contribution in [1.29, 1.82) is 0 Å². The van der Waals surface area contributed by atoms with Gasteiger partial charge in [-0.1, -0.05) is 111 Å². The fourth-order valence-corrected chi connectivity index (χ4v) is 9.19. The standard InChI is InChI=1S/C18H35N.C15H22FN.C15H23N/c1-4-17(3,5-2)16-19-14-9-12-18(13-15-19)10-7-6-8-11-18;1-11(2)12(3)9-17-7-6-13-4-5-15(16)8-14(13)10-17;1-12-5-6-13-7-8-16(10-14(13)9-12)11-15(2,3)4/h4-16H2,1-3H3;4-5,8,11-12H,6-7,9-10H2,1-3H3;5-6,9H,7-8,10-11H2,1-4H3. The molecule has 0 radical (unpaired) electrons. The van der Waals surface area contributed by atoms with E-state index < -0.39 is 0 Å². The van der Waals surface area contributed by atoms with E-state index in [9.17, 15) is 4.39 Å². The zero-order chi connectivity index (χ0) is 37.9. The Morgan fingerprint density at radius 2 is 1.25 bits per heavy atom. The monoisotopic (exact) mass is 718 g/mol. The zero-order valence-electron chi connectivity index (χ0n) is 35.7. The summed E-state index contributed by atoms with van der Waals surface area (Å²) in [6.45, 7) is 33.9. The maximum Gasteiger partial charge on any atom is 0.123 e. The summed E-state index contributed by atoms with van der Waals surface area (Å²) in [6.07, 6.45) is 16.9. The van der Waals surface area contributed by atoms with Crippen molar-refractivity contribution in [2.24, 2.45) is 28.1 Å². The number of hydrogen-bond acceptors (Lipinski definition) is 3. The molecule has 3 heterocycles. The van der Waals surface area contributed by atoms with Crippen LogP contribution < -0.4 is 0 Å². The van der Waals surface area contributed by atoms with E-state index in [1.54, 1.807) is 17.7 Å². The fourth-order valence-electron chi connectivity index (χ4n) is 9.19. The second-order valence-corrected chi connectivity index (χ2v) is 19.6. The summed E-state index contributed by atoms with van der Waals surface area (Å²) in [4.78, 5) is 7.82. The molecule has 0 N–H and O–H groups in total. The molecule has 4 aliphatic rings. The average Bonchev–Trinajstić information content (AvgIpc) is 3.29. The van der Waals surface area contributed by atoms with Crippen LogP contribution in [-0.4, -0.2) is 60.5 Å². The molecule has 0 amide bonds. The van der Waals surface area contributed by atoms with Gasteiger partial charge in [-0.3, -0.25) is 9.80 Å². The van der Waals surface area contributed by atoms with Crippen LogP contribution in [0.25, 0.3) is 0 Å². The number of aryl methyl sites for hydroxylation is 1. The predicted octanol–water partition coefficient (Wildman–Crippen LogP) is 12.1. The van der Waals surface area contributed by atoms with E-state index in [0.29, 0.717) is 22.7 Å². The molecule has 2 aromatic rings. The summed E-state index contributed by atoms with van der Waals surface area (Å²) in [5.41, 5.74) is 8.67. The van der Waals surface area contributed by atoms with Gasteiger partial charge in [0.1, 0.15) is 5.82 Å². The van der Waals surface area contributed by atoms with Gasteiger partial charge in [0.05, 0.1) is 0 Å². The van der Waals surface area contributed by atoms with Crippen molar-refractivity contribution in [1.82, 2.24) is 14.7 Å². The van der Waals surface area contributed by atoms with Gasteiger partial charge in [-0.2, -0.15) is 0 Å². The Labute approximate surface area is 321 Å². The first-order valence-corrected chi connectivity index (χ1v) is 21.6. The Balaban J connectivity index is 0.000000175. The van der Waals surface area contributed by atoms with Gasteiger partial charge in [0.2, 0.25) is 0 Å². The molecule has 294 valence electrons. The zero-order valence-corrected chi connectivity index (χ0v) is 35.7. The average molecular weight is 718 g/mol. The van der Waals surface area contributed by atoms with Crippen LogP contribution in [0.3, 0.4) is 0 Å². The molecule has 4 heteroatoms. The minimum absolute atomic E-state index is 0.109. The Bertz CT molecular complexity index is 1350. The number of likely N-dealkylation sites (tertiary alicyclic amines) is 1. The van der Waals surface area contributed by atoms with E-state index in [1.165, 1.54) is 126 Å². The Kier molecular flexibility index (Phi) is 16.3. The van der Waals surface area contributed by atoms with Crippen molar-refractivity contribution < 1.29 is 4.39 Å². The molecule has 3 nitrogen and oxygen atoms in total. The predicted molar refractivity (Wildman–Crippen MR) is 223 cm³/mol. The third kappa shape index (κ3) is 13.5. The van der Waals surface area contributed by atoms with Gasteiger partial charge >= 0.3 is 0 Å². The van der Waals surface area contributed by atoms with Crippen LogP contribution in [0.5, 0.6) is 0 Å². The van der Waals surface area contributed by atoms with Crippen molar-refractivity contribution >= 4 is 0 Å². The maximum atomic E-state index is 13.2. The van der Waals surface area contributed by atoms with Crippen molar-refractivity contribution in [2.75, 3.05) is 45.8 Å². The Morgan fingerprint density at radius 3 is 1.88 bits per heavy atom. The van der Waals surface area contributed by atoms with Gasteiger partial charge in [-0.25, -0.2) is 4.39 Å². The van der Waals surface area contributed by atoms with Crippen LogP contribution in [0.2, 0.25) is 0 Å². The molecule has 0 bridgehead atoms. The molecule has 6 rings (SSSR count). The number of nitrogens with zero attached hydrogens (tertiary/aromatic N) is 3. The van der Waals surface area contributed by atoms with Crippen LogP contribution >= 0.6 is 0 Å². The lowest BCUT2D eigenvalue weighted by molar-refractivity contribution is 0.134. The summed E-state index contributed by atoms with van der Waals surface area (Å²) >= 11 is 0. The minimum atomic E-state index is -0.109. The van der Waals surface area contributed by atoms with Gasteiger partial charge in [0, 0.05) is 45.8 Å². The molecular formula is C48H80FN3. The fraction of sp³-hybridized carbons (Fsp3) is 0.750. The normalized spacial score (nSPS) is 20.5. The van der Waals surface area contributed by atoms with Crippen LogP contribution in [0.4, 0.5) is 4.39 Å². The number of hydrogen-bond donors (Lipinski definition) is 0. The van der Waals surface area contributed by atoms with Gasteiger partial charge in [-0.05, 0) is 140 Å². The Hall–Kier alpha value is -1.75. The van der Waals surface area contributed by atoms with Crippen LogP contribution in [0.1, 0.15) is 154 Å². The highest BCUT2D eigenvalue weighted by Gasteiger charge is 2.35. The molecule has 1 unspecified atom stereocenters. The third-order valence-corrected chi connectivity index (χ3v) is 13.5. The van der Waals surface area contributed by atoms with E-state index >= 15 is 0 Å². The number of benzene rings is 2. The summed E-state index contributed by atoms with van der Waals surface area (Å²) in [6, 6.07) is 12.1. The van der Waals surface area contributed by atoms with Crippen molar-refractivity contribution in [3.63, 3.8) is 0 Å². The summed E-state index contributed by atoms with van der Waals surface area (Å²) in [5, 5.41) is 0. The number of halogens is 1.